The molecule has 3 N–H and O–H groups in total. The van der Waals surface area contributed by atoms with E-state index in [1.165, 1.54) is 5.56 Å². The van der Waals surface area contributed by atoms with Crippen molar-refractivity contribution in [3.63, 3.8) is 0 Å². The molecule has 1 heterocycles. The molecule has 0 amide bonds. The first-order valence-corrected chi connectivity index (χ1v) is 6.91. The lowest BCUT2D eigenvalue weighted by molar-refractivity contribution is 0.0612. The van der Waals surface area contributed by atoms with E-state index in [4.69, 9.17) is 10.5 Å². The van der Waals surface area contributed by atoms with E-state index in [9.17, 15) is 0 Å². The molecule has 1 saturated heterocycles. The van der Waals surface area contributed by atoms with Gasteiger partial charge in [0.05, 0.1) is 6.04 Å². The van der Waals surface area contributed by atoms with Crippen LogP contribution in [0.15, 0.2) is 35.3 Å². The Labute approximate surface area is 138 Å². The summed E-state index contributed by atoms with van der Waals surface area (Å²) in [6.07, 6.45) is 3.34. The Bertz CT molecular complexity index is 405. The highest BCUT2D eigenvalue weighted by Crippen LogP contribution is 2.27. The number of benzene rings is 1. The van der Waals surface area contributed by atoms with E-state index < -0.39 is 0 Å². The van der Waals surface area contributed by atoms with Crippen LogP contribution in [-0.4, -0.2) is 26.2 Å². The van der Waals surface area contributed by atoms with Crippen molar-refractivity contribution in [2.75, 3.05) is 20.3 Å². The Morgan fingerprint density at radius 2 is 2.00 bits per heavy atom. The first-order valence-electron chi connectivity index (χ1n) is 6.91. The summed E-state index contributed by atoms with van der Waals surface area (Å²) in [5.41, 5.74) is 7.09. The fourth-order valence-electron chi connectivity index (χ4n) is 2.52. The Morgan fingerprint density at radius 3 is 2.60 bits per heavy atom. The number of hydrogen-bond acceptors (Lipinski definition) is 2. The predicted molar refractivity (Wildman–Crippen MR) is 93.4 cm³/mol. The van der Waals surface area contributed by atoms with Crippen LogP contribution in [-0.2, 0) is 4.74 Å². The van der Waals surface area contributed by atoms with Crippen molar-refractivity contribution >= 4 is 29.9 Å². The molecular weight excluding hydrogens is 365 g/mol. The van der Waals surface area contributed by atoms with Gasteiger partial charge < -0.3 is 15.8 Å². The molecule has 1 aromatic carbocycles. The highest BCUT2D eigenvalue weighted by molar-refractivity contribution is 14.0. The second-order valence-corrected chi connectivity index (χ2v) is 5.01. The zero-order chi connectivity index (χ0) is 13.5. The first kappa shape index (κ1) is 17.2. The number of nitrogens with one attached hydrogen (secondary N) is 1. The molecule has 1 aromatic rings. The van der Waals surface area contributed by atoms with Gasteiger partial charge in [0.25, 0.3) is 0 Å². The van der Waals surface area contributed by atoms with E-state index in [-0.39, 0.29) is 30.0 Å². The maximum atomic E-state index is 5.83. The molecule has 0 aliphatic carbocycles. The lowest BCUT2D eigenvalue weighted by Gasteiger charge is -2.27. The van der Waals surface area contributed by atoms with E-state index in [1.807, 2.05) is 6.07 Å². The van der Waals surface area contributed by atoms with E-state index in [0.717, 1.165) is 32.5 Å². The molecule has 20 heavy (non-hydrogen) atoms. The average Bonchev–Trinajstić information content (AvgIpc) is 2.48. The van der Waals surface area contributed by atoms with Gasteiger partial charge in [-0.05, 0) is 30.7 Å². The fourth-order valence-corrected chi connectivity index (χ4v) is 2.52. The van der Waals surface area contributed by atoms with Crippen LogP contribution in [0, 0.1) is 5.92 Å². The molecule has 2 rings (SSSR count). The standard InChI is InChI=1S/C15H23N3O.HI/c1-17-15(16)18-14(13-5-3-2-4-6-13)11-12-7-9-19-10-8-12;/h2-6,12,14H,7-11H2,1H3,(H3,16,17,18);1H. The lowest BCUT2D eigenvalue weighted by atomic mass is 9.89. The van der Waals surface area contributed by atoms with Crippen molar-refractivity contribution in [1.29, 1.82) is 0 Å². The smallest absolute Gasteiger partial charge is 0.188 e. The van der Waals surface area contributed by atoms with Crippen LogP contribution in [0.4, 0.5) is 0 Å². The third-order valence-electron chi connectivity index (χ3n) is 3.67. The van der Waals surface area contributed by atoms with Crippen molar-refractivity contribution in [2.45, 2.75) is 25.3 Å². The first-order chi connectivity index (χ1) is 9.29. The van der Waals surface area contributed by atoms with Gasteiger partial charge in [-0.15, -0.1) is 24.0 Å². The van der Waals surface area contributed by atoms with E-state index >= 15 is 0 Å². The summed E-state index contributed by atoms with van der Waals surface area (Å²) in [5.74, 6) is 1.19. The topological polar surface area (TPSA) is 59.6 Å². The van der Waals surface area contributed by atoms with Gasteiger partial charge in [-0.1, -0.05) is 30.3 Å². The SMILES string of the molecule is CN=C(N)NC(CC1CCOCC1)c1ccccc1.I. The molecule has 1 aliphatic heterocycles. The number of guanidine groups is 1. The van der Waals surface area contributed by atoms with Gasteiger partial charge in [0.1, 0.15) is 0 Å². The number of hydrogen-bond donors (Lipinski definition) is 2. The third-order valence-corrected chi connectivity index (χ3v) is 3.67. The predicted octanol–water partition coefficient (Wildman–Crippen LogP) is 2.70. The van der Waals surface area contributed by atoms with Crippen molar-refractivity contribution in [1.82, 2.24) is 5.32 Å². The monoisotopic (exact) mass is 389 g/mol. The molecule has 1 fully saturated rings. The Morgan fingerprint density at radius 1 is 1.35 bits per heavy atom. The zero-order valence-electron chi connectivity index (χ0n) is 11.9. The summed E-state index contributed by atoms with van der Waals surface area (Å²) in [5, 5.41) is 3.32. The van der Waals surface area contributed by atoms with E-state index in [2.05, 4.69) is 34.6 Å². The van der Waals surface area contributed by atoms with Gasteiger partial charge in [0.2, 0.25) is 0 Å². The van der Waals surface area contributed by atoms with Crippen molar-refractivity contribution in [2.24, 2.45) is 16.6 Å². The molecule has 1 unspecified atom stereocenters. The van der Waals surface area contributed by atoms with Gasteiger partial charge in [0.15, 0.2) is 5.96 Å². The number of halogens is 1. The average molecular weight is 389 g/mol. The minimum absolute atomic E-state index is 0. The van der Waals surface area contributed by atoms with Gasteiger partial charge in [0, 0.05) is 20.3 Å². The Hall–Kier alpha value is -0.820. The van der Waals surface area contributed by atoms with E-state index in [1.54, 1.807) is 7.05 Å². The third kappa shape index (κ3) is 5.28. The number of nitrogens with two attached hydrogens (primary N) is 1. The quantitative estimate of drug-likeness (QED) is 0.473. The van der Waals surface area contributed by atoms with Crippen molar-refractivity contribution < 1.29 is 4.74 Å². The minimum Gasteiger partial charge on any atom is -0.381 e. The van der Waals surface area contributed by atoms with Gasteiger partial charge in [-0.3, -0.25) is 4.99 Å². The van der Waals surface area contributed by atoms with Gasteiger partial charge >= 0.3 is 0 Å². The summed E-state index contributed by atoms with van der Waals surface area (Å²) >= 11 is 0. The maximum Gasteiger partial charge on any atom is 0.188 e. The van der Waals surface area contributed by atoms with Crippen molar-refractivity contribution in [3.05, 3.63) is 35.9 Å². The molecular formula is C15H24IN3O. The van der Waals surface area contributed by atoms with E-state index in [0.29, 0.717) is 11.9 Å². The van der Waals surface area contributed by atoms with Crippen LogP contribution < -0.4 is 11.1 Å². The number of rotatable bonds is 4. The lowest BCUT2D eigenvalue weighted by Crippen LogP contribution is -2.36. The molecule has 0 bridgehead atoms. The molecule has 4 nitrogen and oxygen atoms in total. The highest BCUT2D eigenvalue weighted by atomic mass is 127. The molecule has 112 valence electrons. The molecule has 1 atom stereocenters. The van der Waals surface area contributed by atoms with Crippen LogP contribution in [0.5, 0.6) is 0 Å². The minimum atomic E-state index is 0. The second kappa shape index (κ2) is 9.18. The number of aliphatic imine (C=N–C) groups is 1. The number of nitrogens with zero attached hydrogens (tertiary/aromatic N) is 1. The normalized spacial score (nSPS) is 18.1. The van der Waals surface area contributed by atoms with Crippen LogP contribution in [0.1, 0.15) is 30.9 Å². The zero-order valence-corrected chi connectivity index (χ0v) is 14.2. The van der Waals surface area contributed by atoms with Crippen LogP contribution in [0.3, 0.4) is 0 Å². The van der Waals surface area contributed by atoms with Crippen LogP contribution in [0.25, 0.3) is 0 Å². The fraction of sp³-hybridized carbons (Fsp3) is 0.533. The Balaban J connectivity index is 0.00000200. The molecule has 1 aliphatic rings. The second-order valence-electron chi connectivity index (χ2n) is 5.01. The molecule has 0 aromatic heterocycles. The maximum absolute atomic E-state index is 5.83. The van der Waals surface area contributed by atoms with Crippen molar-refractivity contribution in [3.8, 4) is 0 Å². The largest absolute Gasteiger partial charge is 0.381 e. The summed E-state index contributed by atoms with van der Waals surface area (Å²) in [7, 11) is 1.71. The Kier molecular flexibility index (Phi) is 7.91. The van der Waals surface area contributed by atoms with Crippen LogP contribution >= 0.6 is 24.0 Å². The molecule has 5 heteroatoms. The highest BCUT2D eigenvalue weighted by Gasteiger charge is 2.20. The summed E-state index contributed by atoms with van der Waals surface area (Å²) in [6, 6.07) is 10.7. The van der Waals surface area contributed by atoms with Gasteiger partial charge in [-0.2, -0.15) is 0 Å². The number of ether oxygens (including phenoxy) is 1. The van der Waals surface area contributed by atoms with Crippen LogP contribution in [0.2, 0.25) is 0 Å². The molecule has 0 radical (unpaired) electrons. The molecule has 0 spiro atoms. The summed E-state index contributed by atoms with van der Waals surface area (Å²) in [4.78, 5) is 4.01. The van der Waals surface area contributed by atoms with Gasteiger partial charge in [-0.25, -0.2) is 0 Å². The summed E-state index contributed by atoms with van der Waals surface area (Å²) < 4.78 is 5.42. The summed E-state index contributed by atoms with van der Waals surface area (Å²) in [6.45, 7) is 1.76. The molecule has 0 saturated carbocycles.